The minimum absolute atomic E-state index is 0.0389. The van der Waals surface area contributed by atoms with Gasteiger partial charge < -0.3 is 5.32 Å². The number of carbonyl (C=O) groups is 1. The summed E-state index contributed by atoms with van der Waals surface area (Å²) in [6.45, 7) is 0.834. The maximum Gasteiger partial charge on any atom is 0.417 e. The molecule has 190 valence electrons. The second-order valence-corrected chi connectivity index (χ2v) is 10.6. The van der Waals surface area contributed by atoms with Gasteiger partial charge in [0.1, 0.15) is 6.04 Å². The van der Waals surface area contributed by atoms with Gasteiger partial charge in [-0.1, -0.05) is 60.1 Å². The van der Waals surface area contributed by atoms with Gasteiger partial charge in [-0.25, -0.2) is 8.42 Å². The molecule has 11 heteroatoms. The normalized spacial score (nSPS) is 16.4. The number of rotatable bonds is 6. The Labute approximate surface area is 212 Å². The molecule has 1 unspecified atom stereocenters. The maximum absolute atomic E-state index is 13.4. The fraction of sp³-hybridized carbons (Fsp3) is 0.240. The lowest BCUT2D eigenvalue weighted by molar-refractivity contribution is -0.137. The van der Waals surface area contributed by atoms with Crippen LogP contribution in [0.2, 0.25) is 5.02 Å². The zero-order valence-corrected chi connectivity index (χ0v) is 20.5. The van der Waals surface area contributed by atoms with Crippen LogP contribution in [0.4, 0.5) is 18.9 Å². The highest BCUT2D eigenvalue weighted by Gasteiger charge is 2.36. The van der Waals surface area contributed by atoms with E-state index in [0.29, 0.717) is 5.56 Å². The van der Waals surface area contributed by atoms with E-state index in [4.69, 9.17) is 11.6 Å². The Morgan fingerprint density at radius 1 is 0.889 bits per heavy atom. The molecular formula is C25H23ClF3N3O3S. The summed E-state index contributed by atoms with van der Waals surface area (Å²) < 4.78 is 67.1. The lowest BCUT2D eigenvalue weighted by Gasteiger charge is -2.38. The van der Waals surface area contributed by atoms with Crippen molar-refractivity contribution in [2.45, 2.75) is 17.1 Å². The molecule has 1 aliphatic heterocycles. The average molecular weight is 538 g/mol. The predicted octanol–water partition coefficient (Wildman–Crippen LogP) is 5.05. The van der Waals surface area contributed by atoms with E-state index < -0.39 is 38.7 Å². The molecule has 36 heavy (non-hydrogen) atoms. The number of nitrogens with zero attached hydrogens (tertiary/aromatic N) is 2. The van der Waals surface area contributed by atoms with E-state index >= 15 is 0 Å². The Bertz CT molecular complexity index is 1310. The lowest BCUT2D eigenvalue weighted by Crippen LogP contribution is -2.51. The van der Waals surface area contributed by atoms with E-state index in [0.717, 1.165) is 12.1 Å². The van der Waals surface area contributed by atoms with Gasteiger partial charge in [0.05, 0.1) is 15.5 Å². The third kappa shape index (κ3) is 5.73. The van der Waals surface area contributed by atoms with Crippen LogP contribution in [-0.4, -0.2) is 49.7 Å². The van der Waals surface area contributed by atoms with Gasteiger partial charge in [0, 0.05) is 31.9 Å². The van der Waals surface area contributed by atoms with E-state index in [1.807, 2.05) is 4.90 Å². The van der Waals surface area contributed by atoms with Crippen LogP contribution in [0.3, 0.4) is 0 Å². The summed E-state index contributed by atoms with van der Waals surface area (Å²) in [6, 6.07) is 19.3. The molecule has 3 aromatic rings. The molecule has 0 aromatic heterocycles. The van der Waals surface area contributed by atoms with Crippen molar-refractivity contribution >= 4 is 33.2 Å². The number of hydrogen-bond acceptors (Lipinski definition) is 4. The molecule has 0 radical (unpaired) electrons. The lowest BCUT2D eigenvalue weighted by atomic mass is 10.0. The molecule has 1 fully saturated rings. The predicted molar refractivity (Wildman–Crippen MR) is 131 cm³/mol. The third-order valence-electron chi connectivity index (χ3n) is 5.92. The number of hydrogen-bond donors (Lipinski definition) is 1. The first-order chi connectivity index (χ1) is 17.1. The van der Waals surface area contributed by atoms with Crippen LogP contribution >= 0.6 is 11.6 Å². The van der Waals surface area contributed by atoms with Crippen molar-refractivity contribution in [3.05, 3.63) is 95.0 Å². The summed E-state index contributed by atoms with van der Waals surface area (Å²) in [6.07, 6.45) is -4.67. The van der Waals surface area contributed by atoms with Crippen LogP contribution in [0.1, 0.15) is 17.2 Å². The Kier molecular flexibility index (Phi) is 7.70. The number of carbonyl (C=O) groups excluding carboxylic acids is 1. The van der Waals surface area contributed by atoms with Crippen molar-refractivity contribution in [2.75, 3.05) is 31.5 Å². The molecule has 1 atom stereocenters. The Balaban J connectivity index is 1.55. The molecule has 1 N–H and O–H groups in total. The molecule has 4 rings (SSSR count). The number of benzene rings is 3. The van der Waals surface area contributed by atoms with Crippen LogP contribution in [0.15, 0.2) is 83.8 Å². The topological polar surface area (TPSA) is 69.7 Å². The van der Waals surface area contributed by atoms with Crippen molar-refractivity contribution in [2.24, 2.45) is 0 Å². The quantitative estimate of drug-likeness (QED) is 0.478. The standard InChI is InChI=1S/C25H23ClF3N3O3S/c26-22-12-11-19(17-21(22)25(27,28)29)30-24(33)23(18-7-3-1-4-8-18)31-13-15-32(16-14-31)36(34,35)20-9-5-2-6-10-20/h1-12,17,23H,13-16H2,(H,30,33). The number of halogens is 4. The number of anilines is 1. The van der Waals surface area contributed by atoms with Crippen LogP contribution in [0.5, 0.6) is 0 Å². The average Bonchev–Trinajstić information content (AvgIpc) is 2.86. The first-order valence-corrected chi connectivity index (χ1v) is 12.9. The highest BCUT2D eigenvalue weighted by atomic mass is 35.5. The second-order valence-electron chi connectivity index (χ2n) is 8.25. The second kappa shape index (κ2) is 10.6. The van der Waals surface area contributed by atoms with Gasteiger partial charge in [-0.05, 0) is 35.9 Å². The molecule has 1 saturated heterocycles. The molecule has 0 aliphatic carbocycles. The number of nitrogens with one attached hydrogen (secondary N) is 1. The van der Waals surface area contributed by atoms with E-state index in [1.165, 1.54) is 22.5 Å². The summed E-state index contributed by atoms with van der Waals surface area (Å²) in [5.74, 6) is -0.531. The van der Waals surface area contributed by atoms with E-state index in [9.17, 15) is 26.4 Å². The van der Waals surface area contributed by atoms with Crippen molar-refractivity contribution in [1.82, 2.24) is 9.21 Å². The summed E-state index contributed by atoms with van der Waals surface area (Å²) in [5.41, 5.74) is -0.444. The minimum atomic E-state index is -4.67. The monoisotopic (exact) mass is 537 g/mol. The smallest absolute Gasteiger partial charge is 0.324 e. The number of piperazine rings is 1. The zero-order valence-electron chi connectivity index (χ0n) is 19.0. The van der Waals surface area contributed by atoms with Gasteiger partial charge in [-0.3, -0.25) is 9.69 Å². The summed E-state index contributed by atoms with van der Waals surface area (Å²) in [4.78, 5) is 15.4. The Hall–Kier alpha value is -2.92. The highest BCUT2D eigenvalue weighted by Crippen LogP contribution is 2.36. The van der Waals surface area contributed by atoms with Gasteiger partial charge in [-0.2, -0.15) is 17.5 Å². The largest absolute Gasteiger partial charge is 0.417 e. The fourth-order valence-corrected chi connectivity index (χ4v) is 5.81. The van der Waals surface area contributed by atoms with E-state index in [1.54, 1.807) is 48.5 Å². The number of amides is 1. The van der Waals surface area contributed by atoms with Gasteiger partial charge in [0.15, 0.2) is 0 Å². The van der Waals surface area contributed by atoms with E-state index in [-0.39, 0.29) is 36.8 Å². The van der Waals surface area contributed by atoms with Gasteiger partial charge in [0.25, 0.3) is 0 Å². The molecule has 0 saturated carbocycles. The molecule has 3 aromatic carbocycles. The number of alkyl halides is 3. The Morgan fingerprint density at radius 2 is 1.47 bits per heavy atom. The SMILES string of the molecule is O=C(Nc1ccc(Cl)c(C(F)(F)F)c1)C(c1ccccc1)N1CCN(S(=O)(=O)c2ccccc2)CC1. The molecule has 1 amide bonds. The first-order valence-electron chi connectivity index (χ1n) is 11.1. The van der Waals surface area contributed by atoms with Crippen LogP contribution in [-0.2, 0) is 21.0 Å². The van der Waals surface area contributed by atoms with Gasteiger partial charge in [0.2, 0.25) is 15.9 Å². The Morgan fingerprint density at radius 3 is 2.06 bits per heavy atom. The third-order valence-corrected chi connectivity index (χ3v) is 8.16. The van der Waals surface area contributed by atoms with Gasteiger partial charge in [-0.15, -0.1) is 0 Å². The molecule has 1 heterocycles. The molecule has 1 aliphatic rings. The summed E-state index contributed by atoms with van der Waals surface area (Å²) >= 11 is 5.70. The van der Waals surface area contributed by atoms with Crippen LogP contribution in [0, 0.1) is 0 Å². The summed E-state index contributed by atoms with van der Waals surface area (Å²) in [7, 11) is -3.68. The maximum atomic E-state index is 13.4. The van der Waals surface area contributed by atoms with Crippen LogP contribution in [0.25, 0.3) is 0 Å². The highest BCUT2D eigenvalue weighted by molar-refractivity contribution is 7.89. The molecular weight excluding hydrogens is 515 g/mol. The minimum Gasteiger partial charge on any atom is -0.324 e. The van der Waals surface area contributed by atoms with Crippen molar-refractivity contribution in [3.63, 3.8) is 0 Å². The number of sulfonamides is 1. The van der Waals surface area contributed by atoms with Crippen molar-refractivity contribution in [1.29, 1.82) is 0 Å². The van der Waals surface area contributed by atoms with Crippen molar-refractivity contribution < 1.29 is 26.4 Å². The van der Waals surface area contributed by atoms with Gasteiger partial charge >= 0.3 is 6.18 Å². The molecule has 0 spiro atoms. The first kappa shape index (κ1) is 26.2. The van der Waals surface area contributed by atoms with E-state index in [2.05, 4.69) is 5.32 Å². The summed E-state index contributed by atoms with van der Waals surface area (Å²) in [5, 5.41) is 2.11. The molecule has 6 nitrogen and oxygen atoms in total. The fourth-order valence-electron chi connectivity index (χ4n) is 4.14. The van der Waals surface area contributed by atoms with Crippen LogP contribution < -0.4 is 5.32 Å². The molecule has 0 bridgehead atoms. The van der Waals surface area contributed by atoms with Crippen molar-refractivity contribution in [3.8, 4) is 0 Å². The zero-order chi connectivity index (χ0) is 25.9.